The Labute approximate surface area is 274 Å². The highest BCUT2D eigenvalue weighted by molar-refractivity contribution is 5.96. The van der Waals surface area contributed by atoms with Gasteiger partial charge in [-0.05, 0) is 72.4 Å². The predicted molar refractivity (Wildman–Crippen MR) is 169 cm³/mol. The Bertz CT molecular complexity index is 1420. The van der Waals surface area contributed by atoms with Crippen molar-refractivity contribution >= 4 is 29.8 Å². The smallest absolute Gasteiger partial charge is 0.409 e. The van der Waals surface area contributed by atoms with E-state index in [-0.39, 0.29) is 63.8 Å². The summed E-state index contributed by atoms with van der Waals surface area (Å²) in [4.78, 5) is 68.1. The van der Waals surface area contributed by atoms with Crippen LogP contribution < -0.4 is 10.1 Å². The Hall–Kier alpha value is -4.62. The number of carbonyl (C=O) groups is 5. The van der Waals surface area contributed by atoms with Crippen molar-refractivity contribution in [2.24, 2.45) is 0 Å². The minimum Gasteiger partial charge on any atom is -0.463 e. The fraction of sp³-hybridized carbons (Fsp3) is 0.576. The first-order chi connectivity index (χ1) is 22.4. The summed E-state index contributed by atoms with van der Waals surface area (Å²) in [5.74, 6) is -1.89. The highest BCUT2D eigenvalue weighted by Crippen LogP contribution is 2.38. The van der Waals surface area contributed by atoms with Gasteiger partial charge in [-0.1, -0.05) is 18.2 Å². The maximum Gasteiger partial charge on any atom is 0.409 e. The van der Waals surface area contributed by atoms with Crippen molar-refractivity contribution in [2.75, 3.05) is 39.4 Å². The molecule has 3 amide bonds. The average molecular weight is 656 g/mol. The molecule has 0 bridgehead atoms. The largest absolute Gasteiger partial charge is 0.463 e. The number of rotatable bonds is 12. The molecule has 2 aromatic rings. The first-order valence-electron chi connectivity index (χ1n) is 16.1. The third kappa shape index (κ3) is 9.01. The number of piperazine rings is 1. The van der Waals surface area contributed by atoms with E-state index in [4.69, 9.17) is 18.9 Å². The molecule has 0 spiro atoms. The lowest BCUT2D eigenvalue weighted by molar-refractivity contribution is -0.170. The van der Waals surface area contributed by atoms with Gasteiger partial charge in [-0.2, -0.15) is 5.10 Å². The van der Waals surface area contributed by atoms with Crippen LogP contribution in [0.1, 0.15) is 77.2 Å². The van der Waals surface area contributed by atoms with E-state index in [2.05, 4.69) is 10.4 Å². The summed E-state index contributed by atoms with van der Waals surface area (Å²) in [5, 5.41) is 7.26. The molecule has 1 aliphatic heterocycles. The second-order valence-corrected chi connectivity index (χ2v) is 12.4. The van der Waals surface area contributed by atoms with Crippen molar-refractivity contribution < 1.29 is 42.9 Å². The Morgan fingerprint density at radius 2 is 1.57 bits per heavy atom. The normalized spacial score (nSPS) is 16.4. The van der Waals surface area contributed by atoms with E-state index >= 15 is 0 Å². The second kappa shape index (κ2) is 15.3. The molecule has 2 aliphatic rings. The number of nitrogens with one attached hydrogen (secondary N) is 1. The lowest BCUT2D eigenvalue weighted by Crippen LogP contribution is -2.56. The lowest BCUT2D eigenvalue weighted by Gasteiger charge is -2.38. The first kappa shape index (κ1) is 35.2. The number of benzene rings is 1. The van der Waals surface area contributed by atoms with Crippen LogP contribution in [0.2, 0.25) is 0 Å². The number of aromatic nitrogens is 2. The van der Waals surface area contributed by atoms with E-state index in [1.807, 2.05) is 6.07 Å². The van der Waals surface area contributed by atoms with Gasteiger partial charge in [-0.15, -0.1) is 0 Å². The molecule has 1 saturated heterocycles. The van der Waals surface area contributed by atoms with Crippen LogP contribution in [0.15, 0.2) is 36.4 Å². The average Bonchev–Trinajstić information content (AvgIpc) is 3.44. The van der Waals surface area contributed by atoms with Gasteiger partial charge in [0.15, 0.2) is 5.69 Å². The summed E-state index contributed by atoms with van der Waals surface area (Å²) in [7, 11) is 0. The van der Waals surface area contributed by atoms with Crippen molar-refractivity contribution in [3.8, 4) is 11.6 Å². The van der Waals surface area contributed by atoms with E-state index in [0.717, 1.165) is 6.42 Å². The van der Waals surface area contributed by atoms with Crippen LogP contribution in [-0.4, -0.2) is 106 Å². The third-order valence-corrected chi connectivity index (χ3v) is 7.80. The van der Waals surface area contributed by atoms with Crippen LogP contribution in [0.3, 0.4) is 0 Å². The van der Waals surface area contributed by atoms with Gasteiger partial charge in [0.1, 0.15) is 11.6 Å². The van der Waals surface area contributed by atoms with Crippen molar-refractivity contribution in [1.82, 2.24) is 24.9 Å². The van der Waals surface area contributed by atoms with E-state index in [1.54, 1.807) is 63.8 Å². The molecule has 2 fully saturated rings. The predicted octanol–water partition coefficient (Wildman–Crippen LogP) is 3.26. The Balaban J connectivity index is 1.56. The van der Waals surface area contributed by atoms with Crippen LogP contribution in [0.4, 0.5) is 4.79 Å². The summed E-state index contributed by atoms with van der Waals surface area (Å²) in [6.45, 7) is 10.1. The van der Waals surface area contributed by atoms with E-state index in [1.165, 1.54) is 15.6 Å². The highest BCUT2D eigenvalue weighted by Gasteiger charge is 2.49. The number of ether oxygens (including phenoxy) is 4. The molecule has 0 radical (unpaired) electrons. The van der Waals surface area contributed by atoms with Crippen molar-refractivity contribution in [3.63, 3.8) is 0 Å². The molecule has 14 heteroatoms. The highest BCUT2D eigenvalue weighted by atomic mass is 16.6. The van der Waals surface area contributed by atoms with Gasteiger partial charge < -0.3 is 34.1 Å². The quantitative estimate of drug-likeness (QED) is 0.266. The first-order valence-corrected chi connectivity index (χ1v) is 16.1. The van der Waals surface area contributed by atoms with E-state index < -0.39 is 47.1 Å². The molecule has 1 N–H and O–H groups in total. The number of para-hydroxylation sites is 1. The molecule has 1 atom stereocenters. The van der Waals surface area contributed by atoms with Crippen molar-refractivity contribution in [3.05, 3.63) is 42.1 Å². The van der Waals surface area contributed by atoms with Gasteiger partial charge in [0.2, 0.25) is 17.4 Å². The number of esters is 2. The minimum atomic E-state index is -1.19. The standard InChI is InChI=1S/C33H45N5O9/c1-6-44-30(42)33(16-11-17-33)46-26-22-25(35-38(26)23-12-9-8-10-13-23)28(40)34-24(14-15-27(39)47-32(3,4)5)29(41)36-18-20-37(21-19-36)31(43)45-7-2/h8-10,12-13,22,24H,6-7,11,14-21H2,1-5H3,(H,34,40). The van der Waals surface area contributed by atoms with Gasteiger partial charge in [0.05, 0.1) is 18.9 Å². The summed E-state index contributed by atoms with van der Waals surface area (Å²) in [6.07, 6.45) is 1.10. The molecule has 1 saturated carbocycles. The summed E-state index contributed by atoms with van der Waals surface area (Å²) >= 11 is 0. The third-order valence-electron chi connectivity index (χ3n) is 7.80. The molecule has 47 heavy (non-hydrogen) atoms. The van der Waals surface area contributed by atoms with Crippen LogP contribution in [0, 0.1) is 0 Å². The van der Waals surface area contributed by atoms with Gasteiger partial charge in [0, 0.05) is 38.7 Å². The number of hydrogen-bond donors (Lipinski definition) is 1. The SMILES string of the molecule is CCOC(=O)N1CCN(C(=O)C(CCC(=O)OC(C)(C)C)NC(=O)c2cc(OC3(C(=O)OCC)CCC3)n(-c3ccccc3)n2)CC1. The maximum absolute atomic E-state index is 13.8. The monoisotopic (exact) mass is 655 g/mol. The summed E-state index contributed by atoms with van der Waals surface area (Å²) < 4.78 is 23.5. The van der Waals surface area contributed by atoms with Crippen molar-refractivity contribution in [1.29, 1.82) is 0 Å². The topological polar surface area (TPSA) is 159 Å². The molecular weight excluding hydrogens is 610 g/mol. The fourth-order valence-electron chi connectivity index (χ4n) is 5.30. The summed E-state index contributed by atoms with van der Waals surface area (Å²) in [6, 6.07) is 9.34. The van der Waals surface area contributed by atoms with Crippen molar-refractivity contribution in [2.45, 2.75) is 84.0 Å². The molecule has 14 nitrogen and oxygen atoms in total. The zero-order chi connectivity index (χ0) is 34.2. The number of carbonyl (C=O) groups excluding carboxylic acids is 5. The fourth-order valence-corrected chi connectivity index (χ4v) is 5.30. The maximum atomic E-state index is 13.8. The zero-order valence-corrected chi connectivity index (χ0v) is 27.8. The van der Waals surface area contributed by atoms with E-state index in [0.29, 0.717) is 18.5 Å². The summed E-state index contributed by atoms with van der Waals surface area (Å²) in [5.41, 5.74) is -1.36. The number of hydrogen-bond acceptors (Lipinski definition) is 10. The second-order valence-electron chi connectivity index (χ2n) is 12.4. The molecule has 1 aromatic heterocycles. The van der Waals surface area contributed by atoms with Crippen LogP contribution in [-0.2, 0) is 28.6 Å². The zero-order valence-electron chi connectivity index (χ0n) is 27.8. The Morgan fingerprint density at radius 3 is 2.15 bits per heavy atom. The molecule has 1 aliphatic carbocycles. The number of nitrogens with zero attached hydrogens (tertiary/aromatic N) is 4. The molecule has 1 unspecified atom stereocenters. The van der Waals surface area contributed by atoms with Gasteiger partial charge in [-0.3, -0.25) is 14.4 Å². The van der Waals surface area contributed by atoms with Crippen LogP contribution in [0.25, 0.3) is 5.69 Å². The Kier molecular flexibility index (Phi) is 11.5. The minimum absolute atomic E-state index is 0.0215. The molecular formula is C33H45N5O9. The Morgan fingerprint density at radius 1 is 0.936 bits per heavy atom. The molecule has 2 heterocycles. The molecule has 256 valence electrons. The number of amides is 3. The van der Waals surface area contributed by atoms with Gasteiger partial charge in [-0.25, -0.2) is 14.3 Å². The molecule has 1 aromatic carbocycles. The lowest BCUT2D eigenvalue weighted by atomic mass is 9.80. The van der Waals surface area contributed by atoms with Crippen LogP contribution >= 0.6 is 0 Å². The molecule has 4 rings (SSSR count). The van der Waals surface area contributed by atoms with Gasteiger partial charge >= 0.3 is 18.0 Å². The van der Waals surface area contributed by atoms with Crippen LogP contribution in [0.5, 0.6) is 5.88 Å². The van der Waals surface area contributed by atoms with E-state index in [9.17, 15) is 24.0 Å². The van der Waals surface area contributed by atoms with Gasteiger partial charge in [0.25, 0.3) is 5.91 Å².